The second-order valence-electron chi connectivity index (χ2n) is 6.75. The third-order valence-corrected chi connectivity index (χ3v) is 4.91. The van der Waals surface area contributed by atoms with E-state index in [1.807, 2.05) is 26.8 Å². The van der Waals surface area contributed by atoms with E-state index in [-0.39, 0.29) is 24.2 Å². The molecule has 5 nitrogen and oxygen atoms in total. The monoisotopic (exact) mass is 354 g/mol. The molecule has 0 spiro atoms. The highest BCUT2D eigenvalue weighted by Gasteiger charge is 2.37. The van der Waals surface area contributed by atoms with Gasteiger partial charge in [-0.3, -0.25) is 4.79 Å². The van der Waals surface area contributed by atoms with Gasteiger partial charge in [0.05, 0.1) is 18.6 Å². The zero-order valence-electron chi connectivity index (χ0n) is 14.8. The van der Waals surface area contributed by atoms with Crippen LogP contribution in [-0.2, 0) is 9.53 Å². The number of nitrogens with one attached hydrogen (secondary N) is 1. The molecule has 1 amide bonds. The first-order valence-corrected chi connectivity index (χ1v) is 8.05. The number of hydrogen-bond acceptors (Lipinski definition) is 4. The van der Waals surface area contributed by atoms with Crippen molar-refractivity contribution in [3.05, 3.63) is 28.8 Å². The Morgan fingerprint density at radius 2 is 1.96 bits per heavy atom. The molecule has 1 fully saturated rings. The number of benzene rings is 1. The van der Waals surface area contributed by atoms with Gasteiger partial charge in [-0.1, -0.05) is 12.8 Å². The van der Waals surface area contributed by atoms with Crippen molar-refractivity contribution in [2.24, 2.45) is 11.7 Å². The Kier molecular flexibility index (Phi) is 6.81. The molecule has 1 saturated carbocycles. The van der Waals surface area contributed by atoms with Crippen LogP contribution in [0.5, 0.6) is 0 Å². The van der Waals surface area contributed by atoms with Crippen LogP contribution < -0.4 is 11.1 Å². The van der Waals surface area contributed by atoms with Crippen LogP contribution in [0.15, 0.2) is 12.1 Å². The minimum atomic E-state index is -0.479. The number of ether oxygens (including phenoxy) is 1. The average Bonchev–Trinajstić information content (AvgIpc) is 2.49. The highest BCUT2D eigenvalue weighted by molar-refractivity contribution is 5.97. The maximum Gasteiger partial charge on any atom is 0.338 e. The lowest BCUT2D eigenvalue weighted by Gasteiger charge is -2.37. The van der Waals surface area contributed by atoms with Gasteiger partial charge in [-0.2, -0.15) is 0 Å². The summed E-state index contributed by atoms with van der Waals surface area (Å²) in [7, 11) is 1.35. The molecule has 0 bridgehead atoms. The Hall–Kier alpha value is -1.59. The van der Waals surface area contributed by atoms with E-state index in [0.717, 1.165) is 36.8 Å². The Labute approximate surface area is 149 Å². The lowest BCUT2D eigenvalue weighted by Crippen LogP contribution is -2.51. The zero-order chi connectivity index (χ0) is 17.2. The molecular formula is C18H27ClN2O3. The molecule has 1 aromatic carbocycles. The van der Waals surface area contributed by atoms with Crippen LogP contribution in [0.1, 0.15) is 54.1 Å². The minimum Gasteiger partial charge on any atom is -0.465 e. The molecule has 3 N–H and O–H groups in total. The van der Waals surface area contributed by atoms with Gasteiger partial charge in [0.1, 0.15) is 0 Å². The number of amides is 1. The van der Waals surface area contributed by atoms with E-state index in [4.69, 9.17) is 10.5 Å². The number of carbonyl (C=O) groups excluding carboxylic acids is 2. The summed E-state index contributed by atoms with van der Waals surface area (Å²) in [5.41, 5.74) is 8.69. The van der Waals surface area contributed by atoms with Crippen LogP contribution in [0.3, 0.4) is 0 Å². The topological polar surface area (TPSA) is 81.4 Å². The van der Waals surface area contributed by atoms with Gasteiger partial charge in [0.2, 0.25) is 5.91 Å². The van der Waals surface area contributed by atoms with Crippen LogP contribution in [0.2, 0.25) is 0 Å². The van der Waals surface area contributed by atoms with Gasteiger partial charge in [-0.15, -0.1) is 12.4 Å². The molecule has 0 aromatic heterocycles. The van der Waals surface area contributed by atoms with Gasteiger partial charge in [0, 0.05) is 11.2 Å². The lowest BCUT2D eigenvalue weighted by molar-refractivity contribution is -0.122. The number of methoxy groups -OCH3 is 1. The first-order valence-electron chi connectivity index (χ1n) is 8.05. The van der Waals surface area contributed by atoms with Crippen LogP contribution >= 0.6 is 12.4 Å². The van der Waals surface area contributed by atoms with E-state index >= 15 is 0 Å². The fraction of sp³-hybridized carbons (Fsp3) is 0.556. The van der Waals surface area contributed by atoms with Crippen molar-refractivity contribution in [1.29, 1.82) is 0 Å². The van der Waals surface area contributed by atoms with E-state index in [1.54, 1.807) is 6.07 Å². The van der Waals surface area contributed by atoms with Gasteiger partial charge < -0.3 is 15.8 Å². The summed E-state index contributed by atoms with van der Waals surface area (Å²) in [5.74, 6) is -0.684. The number of carbonyl (C=O) groups is 2. The number of esters is 1. The quantitative estimate of drug-likeness (QED) is 0.815. The first kappa shape index (κ1) is 20.5. The molecule has 2 rings (SSSR count). The SMILES string of the molecule is COC(=O)c1cc(NC(=O)C2CCCCC2(C)N)cc(C)c1C.Cl. The van der Waals surface area contributed by atoms with Crippen molar-refractivity contribution in [2.45, 2.75) is 52.0 Å². The Bertz CT molecular complexity index is 629. The van der Waals surface area contributed by atoms with Gasteiger partial charge in [0.25, 0.3) is 0 Å². The third-order valence-electron chi connectivity index (χ3n) is 4.91. The van der Waals surface area contributed by atoms with Gasteiger partial charge in [0.15, 0.2) is 0 Å². The molecule has 1 aromatic rings. The number of hydrogen-bond donors (Lipinski definition) is 2. The fourth-order valence-electron chi connectivity index (χ4n) is 3.27. The number of halogens is 1. The summed E-state index contributed by atoms with van der Waals surface area (Å²) in [6, 6.07) is 3.54. The van der Waals surface area contributed by atoms with Crippen LogP contribution in [-0.4, -0.2) is 24.5 Å². The number of nitrogens with two attached hydrogens (primary N) is 1. The minimum absolute atomic E-state index is 0. The summed E-state index contributed by atoms with van der Waals surface area (Å²) in [6.45, 7) is 5.72. The third kappa shape index (κ3) is 4.28. The summed E-state index contributed by atoms with van der Waals surface area (Å²) in [4.78, 5) is 24.5. The molecular weight excluding hydrogens is 328 g/mol. The summed E-state index contributed by atoms with van der Waals surface area (Å²) in [5, 5.41) is 2.93. The van der Waals surface area contributed by atoms with Gasteiger partial charge in [-0.25, -0.2) is 4.79 Å². The molecule has 1 aliphatic carbocycles. The molecule has 0 aliphatic heterocycles. The average molecular weight is 355 g/mol. The van der Waals surface area contributed by atoms with E-state index in [1.165, 1.54) is 7.11 Å². The smallest absolute Gasteiger partial charge is 0.338 e. The summed E-state index contributed by atoms with van der Waals surface area (Å²) < 4.78 is 4.81. The number of anilines is 1. The number of rotatable bonds is 3. The Morgan fingerprint density at radius 1 is 1.29 bits per heavy atom. The van der Waals surface area contributed by atoms with Crippen molar-refractivity contribution in [3.63, 3.8) is 0 Å². The van der Waals surface area contributed by atoms with E-state index in [9.17, 15) is 9.59 Å². The molecule has 0 radical (unpaired) electrons. The highest BCUT2D eigenvalue weighted by atomic mass is 35.5. The lowest BCUT2D eigenvalue weighted by atomic mass is 9.74. The summed E-state index contributed by atoms with van der Waals surface area (Å²) >= 11 is 0. The second kappa shape index (κ2) is 7.99. The molecule has 0 saturated heterocycles. The van der Waals surface area contributed by atoms with Gasteiger partial charge in [-0.05, 0) is 56.9 Å². The van der Waals surface area contributed by atoms with Crippen LogP contribution in [0.25, 0.3) is 0 Å². The van der Waals surface area contributed by atoms with E-state index in [0.29, 0.717) is 11.3 Å². The molecule has 2 unspecified atom stereocenters. The standard InChI is InChI=1S/C18H26N2O3.ClH/c1-11-9-13(10-14(12(11)2)17(22)23-4)20-16(21)15-7-5-6-8-18(15,3)19;/h9-10,15H,5-8,19H2,1-4H3,(H,20,21);1H. The Balaban J connectivity index is 0.00000288. The van der Waals surface area contributed by atoms with Gasteiger partial charge >= 0.3 is 5.97 Å². The zero-order valence-corrected chi connectivity index (χ0v) is 15.6. The fourth-order valence-corrected chi connectivity index (χ4v) is 3.27. The first-order chi connectivity index (χ1) is 10.8. The van der Waals surface area contributed by atoms with Crippen molar-refractivity contribution >= 4 is 30.0 Å². The van der Waals surface area contributed by atoms with E-state index in [2.05, 4.69) is 5.32 Å². The second-order valence-corrected chi connectivity index (χ2v) is 6.75. The molecule has 2 atom stereocenters. The molecule has 24 heavy (non-hydrogen) atoms. The van der Waals surface area contributed by atoms with Crippen LogP contribution in [0.4, 0.5) is 5.69 Å². The largest absolute Gasteiger partial charge is 0.465 e. The molecule has 134 valence electrons. The maximum atomic E-state index is 12.6. The van der Waals surface area contributed by atoms with Crippen molar-refractivity contribution in [2.75, 3.05) is 12.4 Å². The van der Waals surface area contributed by atoms with E-state index < -0.39 is 11.5 Å². The van der Waals surface area contributed by atoms with Crippen molar-refractivity contribution in [1.82, 2.24) is 0 Å². The molecule has 0 heterocycles. The normalized spacial score (nSPS) is 23.1. The summed E-state index contributed by atoms with van der Waals surface area (Å²) in [6.07, 6.45) is 3.73. The van der Waals surface area contributed by atoms with Crippen LogP contribution in [0, 0.1) is 19.8 Å². The predicted molar refractivity (Wildman–Crippen MR) is 97.7 cm³/mol. The predicted octanol–water partition coefficient (Wildman–Crippen LogP) is 3.36. The maximum absolute atomic E-state index is 12.6. The highest BCUT2D eigenvalue weighted by Crippen LogP contribution is 2.32. The van der Waals surface area contributed by atoms with Crippen molar-refractivity contribution in [3.8, 4) is 0 Å². The van der Waals surface area contributed by atoms with Crippen molar-refractivity contribution < 1.29 is 14.3 Å². The number of aryl methyl sites for hydroxylation is 1. The Morgan fingerprint density at radius 3 is 2.54 bits per heavy atom. The molecule has 1 aliphatic rings. The molecule has 6 heteroatoms.